The van der Waals surface area contributed by atoms with Crippen LogP contribution in [0.4, 0.5) is 8.78 Å². The quantitative estimate of drug-likeness (QED) is 0.589. The monoisotopic (exact) mass is 244 g/mol. The Morgan fingerprint density at radius 2 is 2.35 bits per heavy atom. The highest BCUT2D eigenvalue weighted by Gasteiger charge is 2.42. The fourth-order valence-electron chi connectivity index (χ4n) is 2.07. The van der Waals surface area contributed by atoms with Crippen molar-refractivity contribution in [2.75, 3.05) is 13.1 Å². The third-order valence-electron chi connectivity index (χ3n) is 3.08. The zero-order valence-electron chi connectivity index (χ0n) is 9.20. The number of piperidine rings is 1. The van der Waals surface area contributed by atoms with Gasteiger partial charge in [0.05, 0.1) is 5.92 Å². The molecule has 6 heteroatoms. The number of rotatable bonds is 2. The summed E-state index contributed by atoms with van der Waals surface area (Å²) in [7, 11) is 0. The number of pyridine rings is 1. The van der Waals surface area contributed by atoms with Crippen molar-refractivity contribution < 1.29 is 18.6 Å². The summed E-state index contributed by atoms with van der Waals surface area (Å²) in [6, 6.07) is 2.73. The molecule has 1 aliphatic heterocycles. The lowest BCUT2D eigenvalue weighted by atomic mass is 9.88. The van der Waals surface area contributed by atoms with Crippen molar-refractivity contribution in [1.82, 2.24) is 5.32 Å². The summed E-state index contributed by atoms with van der Waals surface area (Å²) in [5.74, 6) is -3.71. The Hall–Kier alpha value is -1.27. The second-order valence-corrected chi connectivity index (χ2v) is 4.20. The topological polar surface area (TPSA) is 59.2 Å². The van der Waals surface area contributed by atoms with Crippen molar-refractivity contribution in [2.24, 2.45) is 0 Å². The van der Waals surface area contributed by atoms with Gasteiger partial charge in [-0.3, -0.25) is 0 Å². The third kappa shape index (κ3) is 2.37. The molecule has 1 atom stereocenters. The van der Waals surface area contributed by atoms with Crippen LogP contribution in [-0.2, 0) is 6.61 Å². The molecule has 0 amide bonds. The van der Waals surface area contributed by atoms with Crippen molar-refractivity contribution in [1.29, 1.82) is 0 Å². The predicted octanol–water partition coefficient (Wildman–Crippen LogP) is 0.525. The summed E-state index contributed by atoms with van der Waals surface area (Å²) in [4.78, 5) is 0. The van der Waals surface area contributed by atoms with Crippen LogP contribution in [0.25, 0.3) is 0 Å². The van der Waals surface area contributed by atoms with Crippen LogP contribution in [0.2, 0.25) is 0 Å². The molecular formula is C11H14F2N2O2. The highest BCUT2D eigenvalue weighted by atomic mass is 19.3. The van der Waals surface area contributed by atoms with Gasteiger partial charge in [-0.2, -0.15) is 4.73 Å². The summed E-state index contributed by atoms with van der Waals surface area (Å²) >= 11 is 0. The zero-order valence-corrected chi connectivity index (χ0v) is 9.20. The first kappa shape index (κ1) is 12.2. The van der Waals surface area contributed by atoms with E-state index in [0.29, 0.717) is 16.8 Å². The van der Waals surface area contributed by atoms with E-state index in [-0.39, 0.29) is 18.7 Å². The number of aromatic nitrogens is 1. The molecule has 1 unspecified atom stereocenters. The molecule has 0 saturated carbocycles. The molecule has 0 radical (unpaired) electrons. The lowest BCUT2D eigenvalue weighted by Crippen LogP contribution is -2.43. The Labute approximate surface area is 97.5 Å². The van der Waals surface area contributed by atoms with Crippen molar-refractivity contribution in [3.63, 3.8) is 0 Å². The molecule has 17 heavy (non-hydrogen) atoms. The fourth-order valence-corrected chi connectivity index (χ4v) is 2.07. The molecule has 0 bridgehead atoms. The molecule has 1 aromatic rings. The maximum absolute atomic E-state index is 13.7. The number of hydrogen-bond donors (Lipinski definition) is 2. The maximum atomic E-state index is 13.7. The van der Waals surface area contributed by atoms with Gasteiger partial charge in [-0.25, -0.2) is 8.78 Å². The average molecular weight is 244 g/mol. The van der Waals surface area contributed by atoms with E-state index < -0.39 is 18.4 Å². The molecule has 1 saturated heterocycles. The number of halogens is 2. The molecule has 1 fully saturated rings. The second kappa shape index (κ2) is 4.54. The first-order chi connectivity index (χ1) is 8.04. The van der Waals surface area contributed by atoms with Gasteiger partial charge < -0.3 is 15.6 Å². The minimum atomic E-state index is -2.77. The minimum Gasteiger partial charge on any atom is -0.618 e. The Kier molecular flexibility index (Phi) is 3.26. The highest BCUT2D eigenvalue weighted by molar-refractivity contribution is 5.22. The highest BCUT2D eigenvalue weighted by Crippen LogP contribution is 2.37. The zero-order chi connectivity index (χ0) is 12.5. The number of nitrogens with one attached hydrogen (secondary N) is 1. The van der Waals surface area contributed by atoms with Crippen molar-refractivity contribution in [3.8, 4) is 0 Å². The SMILES string of the molecule is [O-][n+]1ccc(C2CNCCC2(F)F)cc1CO. The summed E-state index contributed by atoms with van der Waals surface area (Å²) in [6.45, 7) is 0.0224. The first-order valence-electron chi connectivity index (χ1n) is 5.46. The molecule has 1 aliphatic rings. The van der Waals surface area contributed by atoms with Crippen LogP contribution in [-0.4, -0.2) is 24.1 Å². The van der Waals surface area contributed by atoms with Gasteiger partial charge in [0.2, 0.25) is 5.69 Å². The van der Waals surface area contributed by atoms with E-state index in [1.54, 1.807) is 0 Å². The molecule has 94 valence electrons. The number of aliphatic hydroxyl groups is 1. The van der Waals surface area contributed by atoms with E-state index in [1.807, 2.05) is 0 Å². The van der Waals surface area contributed by atoms with Crippen LogP contribution >= 0.6 is 0 Å². The number of aliphatic hydroxyl groups excluding tert-OH is 1. The van der Waals surface area contributed by atoms with Crippen LogP contribution in [0.15, 0.2) is 18.3 Å². The summed E-state index contributed by atoms with van der Waals surface area (Å²) in [6.07, 6.45) is 0.948. The summed E-state index contributed by atoms with van der Waals surface area (Å²) in [5, 5.41) is 23.1. The average Bonchev–Trinajstić information content (AvgIpc) is 2.30. The largest absolute Gasteiger partial charge is 0.618 e. The van der Waals surface area contributed by atoms with E-state index in [2.05, 4.69) is 5.32 Å². The van der Waals surface area contributed by atoms with E-state index in [1.165, 1.54) is 12.1 Å². The van der Waals surface area contributed by atoms with Crippen LogP contribution < -0.4 is 10.0 Å². The lowest BCUT2D eigenvalue weighted by molar-refractivity contribution is -0.616. The van der Waals surface area contributed by atoms with Gasteiger partial charge in [0, 0.05) is 31.6 Å². The molecule has 2 heterocycles. The van der Waals surface area contributed by atoms with Crippen molar-refractivity contribution in [2.45, 2.75) is 24.9 Å². The molecular weight excluding hydrogens is 230 g/mol. The normalized spacial score (nSPS) is 23.6. The van der Waals surface area contributed by atoms with Crippen LogP contribution in [0, 0.1) is 5.21 Å². The molecule has 0 aromatic carbocycles. The molecule has 4 nitrogen and oxygen atoms in total. The molecule has 2 rings (SSSR count). The Morgan fingerprint density at radius 3 is 3.00 bits per heavy atom. The van der Waals surface area contributed by atoms with Gasteiger partial charge in [-0.1, -0.05) is 0 Å². The lowest BCUT2D eigenvalue weighted by Gasteiger charge is -2.32. The molecule has 2 N–H and O–H groups in total. The molecule has 0 aliphatic carbocycles. The van der Waals surface area contributed by atoms with E-state index in [9.17, 15) is 14.0 Å². The van der Waals surface area contributed by atoms with E-state index in [0.717, 1.165) is 6.20 Å². The van der Waals surface area contributed by atoms with Crippen LogP contribution in [0.5, 0.6) is 0 Å². The fraction of sp³-hybridized carbons (Fsp3) is 0.545. The van der Waals surface area contributed by atoms with Gasteiger partial charge in [-0.15, -0.1) is 0 Å². The first-order valence-corrected chi connectivity index (χ1v) is 5.46. The minimum absolute atomic E-state index is 0.0869. The summed E-state index contributed by atoms with van der Waals surface area (Å²) < 4.78 is 27.9. The number of alkyl halides is 2. The maximum Gasteiger partial charge on any atom is 0.257 e. The second-order valence-electron chi connectivity index (χ2n) is 4.20. The van der Waals surface area contributed by atoms with Gasteiger partial charge >= 0.3 is 0 Å². The van der Waals surface area contributed by atoms with Crippen molar-refractivity contribution >= 4 is 0 Å². The van der Waals surface area contributed by atoms with E-state index >= 15 is 0 Å². The smallest absolute Gasteiger partial charge is 0.257 e. The predicted molar refractivity (Wildman–Crippen MR) is 56.5 cm³/mol. The molecule has 1 aromatic heterocycles. The number of nitrogens with zero attached hydrogens (tertiary/aromatic N) is 1. The van der Waals surface area contributed by atoms with Gasteiger partial charge in [-0.05, 0) is 5.56 Å². The van der Waals surface area contributed by atoms with Crippen molar-refractivity contribution in [3.05, 3.63) is 34.8 Å². The Morgan fingerprint density at radius 1 is 1.59 bits per heavy atom. The third-order valence-corrected chi connectivity index (χ3v) is 3.08. The summed E-state index contributed by atoms with van der Waals surface area (Å²) in [5.41, 5.74) is 0.474. The van der Waals surface area contributed by atoms with Crippen LogP contribution in [0.1, 0.15) is 23.6 Å². The van der Waals surface area contributed by atoms with Gasteiger partial charge in [0.1, 0.15) is 6.61 Å². The Bertz CT molecular complexity index is 412. The van der Waals surface area contributed by atoms with Gasteiger partial charge in [0.25, 0.3) is 5.92 Å². The molecule has 0 spiro atoms. The number of hydrogen-bond acceptors (Lipinski definition) is 3. The Balaban J connectivity index is 2.32. The standard InChI is InChI=1S/C11H14F2N2O2/c12-11(13)2-3-14-6-10(11)8-1-4-15(17)9(5-8)7-16/h1,4-5,10,14,16H,2-3,6-7H2. The van der Waals surface area contributed by atoms with Gasteiger partial charge in [0.15, 0.2) is 6.20 Å². The van der Waals surface area contributed by atoms with E-state index in [4.69, 9.17) is 5.11 Å². The van der Waals surface area contributed by atoms with Crippen LogP contribution in [0.3, 0.4) is 0 Å².